The van der Waals surface area contributed by atoms with Gasteiger partial charge in [0.25, 0.3) is 5.91 Å². The molecule has 146 valence electrons. The molecule has 0 aliphatic carbocycles. The smallest absolute Gasteiger partial charge is 0.251 e. The lowest BCUT2D eigenvalue weighted by Gasteiger charge is -2.12. The van der Waals surface area contributed by atoms with Gasteiger partial charge in [0.15, 0.2) is 0 Å². The van der Waals surface area contributed by atoms with Crippen molar-refractivity contribution in [2.75, 3.05) is 26.4 Å². The van der Waals surface area contributed by atoms with Gasteiger partial charge < -0.3 is 5.32 Å². The number of nitrogens with one attached hydrogen (secondary N) is 1. The molecule has 1 amide bonds. The SMILES string of the molecule is CN(C)S(=O)(=O)c1cccc(C(=O)NCCSCc2ccc(Cl)c(Cl)c2)c1. The van der Waals surface area contributed by atoms with Crippen LogP contribution >= 0.6 is 35.0 Å². The van der Waals surface area contributed by atoms with Gasteiger partial charge in [0.1, 0.15) is 0 Å². The van der Waals surface area contributed by atoms with E-state index in [1.54, 1.807) is 30.0 Å². The summed E-state index contributed by atoms with van der Waals surface area (Å²) in [6, 6.07) is 11.5. The Labute approximate surface area is 174 Å². The van der Waals surface area contributed by atoms with Gasteiger partial charge in [0.05, 0.1) is 14.9 Å². The summed E-state index contributed by atoms with van der Waals surface area (Å²) in [6.07, 6.45) is 0. The molecule has 0 saturated carbocycles. The Morgan fingerprint density at radius 2 is 1.85 bits per heavy atom. The Morgan fingerprint density at radius 1 is 1.11 bits per heavy atom. The third-order valence-electron chi connectivity index (χ3n) is 3.66. The molecule has 2 aromatic carbocycles. The van der Waals surface area contributed by atoms with E-state index in [9.17, 15) is 13.2 Å². The number of hydrogen-bond acceptors (Lipinski definition) is 4. The lowest BCUT2D eigenvalue weighted by Crippen LogP contribution is -2.26. The van der Waals surface area contributed by atoms with Crippen LogP contribution in [0.4, 0.5) is 0 Å². The summed E-state index contributed by atoms with van der Waals surface area (Å²) in [4.78, 5) is 12.3. The Hall–Kier alpha value is -1.25. The maximum atomic E-state index is 12.2. The van der Waals surface area contributed by atoms with E-state index in [2.05, 4.69) is 5.32 Å². The fraction of sp³-hybridized carbons (Fsp3) is 0.278. The van der Waals surface area contributed by atoms with E-state index in [1.165, 1.54) is 26.2 Å². The molecule has 1 N–H and O–H groups in total. The van der Waals surface area contributed by atoms with E-state index in [0.29, 0.717) is 27.9 Å². The summed E-state index contributed by atoms with van der Waals surface area (Å²) in [5, 5.41) is 3.85. The van der Waals surface area contributed by atoms with Crippen molar-refractivity contribution in [3.63, 3.8) is 0 Å². The quantitative estimate of drug-likeness (QED) is 0.624. The fourth-order valence-electron chi connectivity index (χ4n) is 2.17. The molecule has 0 fully saturated rings. The summed E-state index contributed by atoms with van der Waals surface area (Å²) in [5.74, 6) is 1.16. The number of carbonyl (C=O) groups is 1. The molecule has 0 radical (unpaired) electrons. The van der Waals surface area contributed by atoms with Crippen molar-refractivity contribution >= 4 is 50.9 Å². The number of rotatable bonds is 8. The largest absolute Gasteiger partial charge is 0.351 e. The van der Waals surface area contributed by atoms with E-state index in [4.69, 9.17) is 23.2 Å². The third-order valence-corrected chi connectivity index (χ3v) is 7.24. The van der Waals surface area contributed by atoms with Crippen LogP contribution in [0.25, 0.3) is 0 Å². The molecule has 2 aromatic rings. The minimum Gasteiger partial charge on any atom is -0.351 e. The van der Waals surface area contributed by atoms with Crippen molar-refractivity contribution in [3.05, 3.63) is 63.6 Å². The predicted molar refractivity (Wildman–Crippen MR) is 112 cm³/mol. The topological polar surface area (TPSA) is 66.5 Å². The van der Waals surface area contributed by atoms with Gasteiger partial charge in [-0.1, -0.05) is 35.3 Å². The highest BCUT2D eigenvalue weighted by atomic mass is 35.5. The first kappa shape index (κ1) is 22.0. The van der Waals surface area contributed by atoms with E-state index < -0.39 is 10.0 Å². The first-order valence-electron chi connectivity index (χ1n) is 8.04. The second-order valence-electron chi connectivity index (χ2n) is 5.87. The Bertz CT molecular complexity index is 919. The molecule has 0 bridgehead atoms. The molecular weight excluding hydrogens is 427 g/mol. The minimum absolute atomic E-state index is 0.0918. The standard InChI is InChI=1S/C18H20Cl2N2O3S2/c1-22(2)27(24,25)15-5-3-4-14(11-15)18(23)21-8-9-26-12-13-6-7-16(19)17(20)10-13/h3-7,10-11H,8-9,12H2,1-2H3,(H,21,23). The monoisotopic (exact) mass is 446 g/mol. The molecule has 0 unspecified atom stereocenters. The third kappa shape index (κ3) is 6.12. The highest BCUT2D eigenvalue weighted by Gasteiger charge is 2.18. The molecule has 0 aliphatic rings. The molecule has 9 heteroatoms. The first-order chi connectivity index (χ1) is 12.7. The Morgan fingerprint density at radius 3 is 2.52 bits per heavy atom. The van der Waals surface area contributed by atoms with Crippen LogP contribution in [0.1, 0.15) is 15.9 Å². The molecule has 5 nitrogen and oxygen atoms in total. The van der Waals surface area contributed by atoms with Crippen LogP contribution in [0, 0.1) is 0 Å². The van der Waals surface area contributed by atoms with Crippen LogP contribution in [0.2, 0.25) is 10.0 Å². The van der Waals surface area contributed by atoms with Gasteiger partial charge in [-0.25, -0.2) is 12.7 Å². The molecule has 0 aliphatic heterocycles. The molecule has 27 heavy (non-hydrogen) atoms. The number of carbonyl (C=O) groups excluding carboxylic acids is 1. The lowest BCUT2D eigenvalue weighted by atomic mass is 10.2. The minimum atomic E-state index is -3.57. The highest BCUT2D eigenvalue weighted by Crippen LogP contribution is 2.24. The van der Waals surface area contributed by atoms with E-state index in [-0.39, 0.29) is 10.8 Å². The van der Waals surface area contributed by atoms with E-state index in [1.807, 2.05) is 12.1 Å². The van der Waals surface area contributed by atoms with Gasteiger partial charge in [0.2, 0.25) is 10.0 Å². The van der Waals surface area contributed by atoms with Crippen LogP contribution in [0.5, 0.6) is 0 Å². The van der Waals surface area contributed by atoms with E-state index in [0.717, 1.165) is 15.6 Å². The van der Waals surface area contributed by atoms with Crippen LogP contribution in [0.15, 0.2) is 47.4 Å². The van der Waals surface area contributed by atoms with Gasteiger partial charge in [-0.05, 0) is 35.9 Å². The molecule has 0 saturated heterocycles. The molecule has 0 atom stereocenters. The van der Waals surface area contributed by atoms with Gasteiger partial charge in [0, 0.05) is 37.7 Å². The number of benzene rings is 2. The number of sulfonamides is 1. The van der Waals surface area contributed by atoms with Gasteiger partial charge in [-0.3, -0.25) is 4.79 Å². The second kappa shape index (κ2) is 9.80. The van der Waals surface area contributed by atoms with Crippen LogP contribution in [0.3, 0.4) is 0 Å². The van der Waals surface area contributed by atoms with Gasteiger partial charge in [-0.2, -0.15) is 11.8 Å². The van der Waals surface area contributed by atoms with Crippen molar-refractivity contribution in [2.24, 2.45) is 0 Å². The van der Waals surface area contributed by atoms with Crippen molar-refractivity contribution in [3.8, 4) is 0 Å². The molecule has 2 rings (SSSR count). The van der Waals surface area contributed by atoms with Crippen molar-refractivity contribution in [2.45, 2.75) is 10.6 Å². The molecule has 0 heterocycles. The van der Waals surface area contributed by atoms with Crippen LogP contribution < -0.4 is 5.32 Å². The zero-order valence-corrected chi connectivity index (χ0v) is 18.1. The molecule has 0 spiro atoms. The summed E-state index contributed by atoms with van der Waals surface area (Å²) in [7, 11) is -0.667. The van der Waals surface area contributed by atoms with E-state index >= 15 is 0 Å². The maximum absolute atomic E-state index is 12.2. The summed E-state index contributed by atoms with van der Waals surface area (Å²) in [6.45, 7) is 0.468. The molecule has 0 aromatic heterocycles. The summed E-state index contributed by atoms with van der Waals surface area (Å²) < 4.78 is 25.4. The highest BCUT2D eigenvalue weighted by molar-refractivity contribution is 7.98. The Kier molecular flexibility index (Phi) is 8.00. The average Bonchev–Trinajstić information content (AvgIpc) is 2.64. The van der Waals surface area contributed by atoms with Gasteiger partial charge in [-0.15, -0.1) is 0 Å². The predicted octanol–water partition coefficient (Wildman–Crippen LogP) is 3.91. The lowest BCUT2D eigenvalue weighted by molar-refractivity contribution is 0.0956. The van der Waals surface area contributed by atoms with Crippen molar-refractivity contribution in [1.29, 1.82) is 0 Å². The second-order valence-corrected chi connectivity index (χ2v) is 9.94. The van der Waals surface area contributed by atoms with Crippen LogP contribution in [-0.4, -0.2) is 45.0 Å². The van der Waals surface area contributed by atoms with Crippen molar-refractivity contribution in [1.82, 2.24) is 9.62 Å². The van der Waals surface area contributed by atoms with Crippen LogP contribution in [-0.2, 0) is 15.8 Å². The average molecular weight is 447 g/mol. The summed E-state index contributed by atoms with van der Waals surface area (Å²) in [5.41, 5.74) is 1.37. The fourth-order valence-corrected chi connectivity index (χ4v) is 4.24. The number of hydrogen-bond donors (Lipinski definition) is 1. The summed E-state index contributed by atoms with van der Waals surface area (Å²) >= 11 is 13.5. The van der Waals surface area contributed by atoms with Gasteiger partial charge >= 0.3 is 0 Å². The zero-order valence-electron chi connectivity index (χ0n) is 14.9. The number of thioether (sulfide) groups is 1. The van der Waals surface area contributed by atoms with Crippen molar-refractivity contribution < 1.29 is 13.2 Å². The number of nitrogens with zero attached hydrogens (tertiary/aromatic N) is 1. The zero-order chi connectivity index (χ0) is 20.0. The normalized spacial score (nSPS) is 11.6. The first-order valence-corrected chi connectivity index (χ1v) is 11.4. The number of halogens is 2. The number of amides is 1. The Balaban J connectivity index is 1.85. The molecular formula is C18H20Cl2N2O3S2. The maximum Gasteiger partial charge on any atom is 0.251 e.